The van der Waals surface area contributed by atoms with Crippen molar-refractivity contribution in [2.75, 3.05) is 13.2 Å². The van der Waals surface area contributed by atoms with E-state index in [2.05, 4.69) is 5.32 Å². The van der Waals surface area contributed by atoms with E-state index in [9.17, 15) is 24.5 Å². The lowest BCUT2D eigenvalue weighted by Gasteiger charge is -2.35. The average Bonchev–Trinajstić information content (AvgIpc) is 2.69. The fourth-order valence-electron chi connectivity index (χ4n) is 2.96. The van der Waals surface area contributed by atoms with Crippen LogP contribution in [0.2, 0.25) is 0 Å². The Morgan fingerprint density at radius 3 is 2.79 bits per heavy atom. The van der Waals surface area contributed by atoms with Crippen LogP contribution < -0.4 is 10.2 Å². The molecule has 8 nitrogen and oxygen atoms in total. The summed E-state index contributed by atoms with van der Waals surface area (Å²) in [5.74, 6) is -0.266. The minimum atomic E-state index is -1.59. The number of nitrogens with one attached hydrogen (secondary N) is 1. The van der Waals surface area contributed by atoms with Gasteiger partial charge in [0.1, 0.15) is 24.6 Å². The molecule has 0 spiro atoms. The number of nitrogens with zero attached hydrogens (tertiary/aromatic N) is 1. The predicted octanol–water partition coefficient (Wildman–Crippen LogP) is 0.753. The third kappa shape index (κ3) is 5.28. The number of carbonyl (C=O) groups is 1. The number of aliphatic hydroxyl groups excluding tert-OH is 3. The molecule has 4 N–H and O–H groups in total. The van der Waals surface area contributed by atoms with Gasteiger partial charge in [0.05, 0.1) is 0 Å². The Labute approximate surface area is 167 Å². The summed E-state index contributed by atoms with van der Waals surface area (Å²) in [7, 11) is 0. The minimum Gasteiger partial charge on any atom is -0.388 e. The lowest BCUT2D eigenvalue weighted by molar-refractivity contribution is -0.422. The molecule has 0 radical (unpaired) electrons. The number of hydroxylamine groups is 2. The number of aliphatic hydroxyl groups is 3. The highest BCUT2D eigenvalue weighted by Gasteiger charge is 2.38. The molecule has 156 valence electrons. The zero-order valence-electron chi connectivity index (χ0n) is 15.8. The Balaban J connectivity index is 1.85. The fourth-order valence-corrected chi connectivity index (χ4v) is 2.96. The molecule has 0 unspecified atom stereocenters. The van der Waals surface area contributed by atoms with Gasteiger partial charge in [0, 0.05) is 18.7 Å². The van der Waals surface area contributed by atoms with E-state index in [1.54, 1.807) is 30.3 Å². The molecule has 3 atom stereocenters. The van der Waals surface area contributed by atoms with Gasteiger partial charge in [0.25, 0.3) is 0 Å². The topological polar surface area (TPSA) is 111 Å². The molecule has 1 aliphatic heterocycles. The summed E-state index contributed by atoms with van der Waals surface area (Å²) in [5.41, 5.74) is 2.15. The summed E-state index contributed by atoms with van der Waals surface area (Å²) >= 11 is 0. The summed E-state index contributed by atoms with van der Waals surface area (Å²) in [6.45, 7) is 1.60. The molecule has 2 aromatic rings. The lowest BCUT2D eigenvalue weighted by Crippen LogP contribution is -2.56. The third-order valence-corrected chi connectivity index (χ3v) is 4.47. The average molecular weight is 406 g/mol. The number of hydrogen-bond acceptors (Lipinski definition) is 7. The van der Waals surface area contributed by atoms with Crippen molar-refractivity contribution in [3.05, 3.63) is 53.8 Å². The molecule has 9 heteroatoms. The normalized spacial score (nSPS) is 22.3. The largest absolute Gasteiger partial charge is 0.388 e. The maximum absolute atomic E-state index is 13.7. The SMILES string of the molecule is CC(=O)NCCc1ccc(ON2OC[C@@H](O)[C@H](O)[C@@H]2O)cc1-c1cccc(F)c1. The first-order chi connectivity index (χ1) is 13.8. The number of benzene rings is 2. The van der Waals surface area contributed by atoms with Crippen LogP contribution >= 0.6 is 0 Å². The number of rotatable bonds is 6. The van der Waals surface area contributed by atoms with Gasteiger partial charge >= 0.3 is 0 Å². The van der Waals surface area contributed by atoms with Crippen molar-refractivity contribution < 1.29 is 34.2 Å². The monoisotopic (exact) mass is 406 g/mol. The van der Waals surface area contributed by atoms with Crippen LogP contribution in [0.25, 0.3) is 11.1 Å². The molecular weight excluding hydrogens is 383 g/mol. The molecule has 1 saturated heterocycles. The van der Waals surface area contributed by atoms with Crippen LogP contribution in [-0.4, -0.2) is 58.0 Å². The highest BCUT2D eigenvalue weighted by atomic mass is 19.1. The third-order valence-electron chi connectivity index (χ3n) is 4.47. The second kappa shape index (κ2) is 9.29. The maximum Gasteiger partial charge on any atom is 0.216 e. The van der Waals surface area contributed by atoms with Gasteiger partial charge in [-0.2, -0.15) is 0 Å². The van der Waals surface area contributed by atoms with Crippen molar-refractivity contribution in [3.63, 3.8) is 0 Å². The second-order valence-corrected chi connectivity index (χ2v) is 6.71. The van der Waals surface area contributed by atoms with Gasteiger partial charge in [-0.05, 0) is 47.4 Å². The van der Waals surface area contributed by atoms with E-state index in [-0.39, 0.29) is 18.3 Å². The molecule has 1 heterocycles. The van der Waals surface area contributed by atoms with E-state index in [1.165, 1.54) is 19.1 Å². The second-order valence-electron chi connectivity index (χ2n) is 6.71. The first kappa shape index (κ1) is 21.2. The smallest absolute Gasteiger partial charge is 0.216 e. The van der Waals surface area contributed by atoms with Crippen LogP contribution in [0.4, 0.5) is 4.39 Å². The predicted molar refractivity (Wildman–Crippen MR) is 101 cm³/mol. The number of hydrogen-bond donors (Lipinski definition) is 4. The summed E-state index contributed by atoms with van der Waals surface area (Å²) in [5, 5.41) is 32.7. The van der Waals surface area contributed by atoms with Gasteiger partial charge in [-0.1, -0.05) is 18.2 Å². The van der Waals surface area contributed by atoms with Gasteiger partial charge < -0.3 is 25.5 Å². The maximum atomic E-state index is 13.7. The van der Waals surface area contributed by atoms with Crippen LogP contribution in [0.15, 0.2) is 42.5 Å². The quantitative estimate of drug-likeness (QED) is 0.560. The van der Waals surface area contributed by atoms with Crippen molar-refractivity contribution >= 4 is 5.91 Å². The van der Waals surface area contributed by atoms with Crippen LogP contribution in [0.1, 0.15) is 12.5 Å². The molecule has 0 aromatic heterocycles. The van der Waals surface area contributed by atoms with Crippen LogP contribution in [0.5, 0.6) is 5.75 Å². The van der Waals surface area contributed by atoms with Crippen molar-refractivity contribution in [3.8, 4) is 16.9 Å². The van der Waals surface area contributed by atoms with Crippen LogP contribution in [0, 0.1) is 5.82 Å². The molecule has 1 fully saturated rings. The Kier molecular flexibility index (Phi) is 6.78. The Bertz CT molecular complexity index is 865. The molecule has 0 aliphatic carbocycles. The summed E-state index contributed by atoms with van der Waals surface area (Å²) in [4.78, 5) is 21.7. The molecule has 2 aromatic carbocycles. The molecule has 1 aliphatic rings. The van der Waals surface area contributed by atoms with Crippen molar-refractivity contribution in [2.45, 2.75) is 31.8 Å². The van der Waals surface area contributed by atoms with Crippen molar-refractivity contribution in [2.24, 2.45) is 0 Å². The summed E-state index contributed by atoms with van der Waals surface area (Å²) in [6, 6.07) is 11.1. The number of halogens is 1. The standard InChI is InChI=1S/C20H23FN2O6/c1-12(24)22-8-7-13-5-6-16(10-17(13)14-3-2-4-15(21)9-14)29-23-20(27)19(26)18(25)11-28-23/h2-6,9-10,18-20,25-27H,7-8,11H2,1H3,(H,22,24)/t18-,19+,20+/m1/s1. The summed E-state index contributed by atoms with van der Waals surface area (Å²) in [6.07, 6.45) is -3.76. The van der Waals surface area contributed by atoms with Gasteiger partial charge in [0.15, 0.2) is 12.0 Å². The molecule has 29 heavy (non-hydrogen) atoms. The number of carbonyl (C=O) groups excluding carboxylic acids is 1. The summed E-state index contributed by atoms with van der Waals surface area (Å²) < 4.78 is 13.7. The van der Waals surface area contributed by atoms with Crippen molar-refractivity contribution in [1.82, 2.24) is 10.5 Å². The minimum absolute atomic E-state index is 0.144. The molecule has 1 amide bonds. The lowest BCUT2D eigenvalue weighted by atomic mass is 9.97. The van der Waals surface area contributed by atoms with Crippen molar-refractivity contribution in [1.29, 1.82) is 0 Å². The molecule has 0 bridgehead atoms. The Morgan fingerprint density at radius 2 is 2.07 bits per heavy atom. The van der Waals surface area contributed by atoms with E-state index in [0.29, 0.717) is 29.3 Å². The first-order valence-electron chi connectivity index (χ1n) is 9.13. The molecule has 3 rings (SSSR count). The van der Waals surface area contributed by atoms with E-state index in [1.807, 2.05) is 0 Å². The number of amides is 1. The van der Waals surface area contributed by atoms with Crippen LogP contribution in [-0.2, 0) is 16.1 Å². The highest BCUT2D eigenvalue weighted by Crippen LogP contribution is 2.30. The van der Waals surface area contributed by atoms with Gasteiger partial charge in [-0.25, -0.2) is 4.39 Å². The van der Waals surface area contributed by atoms with E-state index in [0.717, 1.165) is 5.56 Å². The Hall–Kier alpha value is -2.56. The fraction of sp³-hybridized carbons (Fsp3) is 0.350. The van der Waals surface area contributed by atoms with Gasteiger partial charge in [0.2, 0.25) is 5.91 Å². The molecular formula is C20H23FN2O6. The Morgan fingerprint density at radius 1 is 1.28 bits per heavy atom. The van der Waals surface area contributed by atoms with E-state index >= 15 is 0 Å². The zero-order valence-corrected chi connectivity index (χ0v) is 15.8. The highest BCUT2D eigenvalue weighted by molar-refractivity contribution is 5.73. The van der Waals surface area contributed by atoms with E-state index in [4.69, 9.17) is 9.68 Å². The van der Waals surface area contributed by atoms with E-state index < -0.39 is 24.3 Å². The molecule has 0 saturated carbocycles. The zero-order chi connectivity index (χ0) is 21.0. The van der Waals surface area contributed by atoms with Crippen LogP contribution in [0.3, 0.4) is 0 Å². The first-order valence-corrected chi connectivity index (χ1v) is 9.13. The van der Waals surface area contributed by atoms with Gasteiger partial charge in [-0.15, -0.1) is 0 Å². The van der Waals surface area contributed by atoms with Gasteiger partial charge in [-0.3, -0.25) is 9.63 Å².